The number of aliphatic hydroxyl groups excluding tert-OH is 2. The summed E-state index contributed by atoms with van der Waals surface area (Å²) >= 11 is 5.85. The molecule has 0 bridgehead atoms. The molecule has 37 heavy (non-hydrogen) atoms. The fraction of sp³-hybridized carbons (Fsp3) is 0.333. The minimum Gasteiger partial charge on any atom is -0.479 e. The highest BCUT2D eigenvalue weighted by atomic mass is 35.5. The van der Waals surface area contributed by atoms with Gasteiger partial charge in [0.05, 0.1) is 18.5 Å². The van der Waals surface area contributed by atoms with Gasteiger partial charge in [0.2, 0.25) is 5.28 Å². The molecular weight excluding hydrogens is 518 g/mol. The zero-order valence-electron chi connectivity index (χ0n) is 18.6. The molecule has 1 saturated heterocycles. The number of carboxylic acids is 3. The molecule has 0 aliphatic carbocycles. The fourth-order valence-corrected chi connectivity index (χ4v) is 4.06. The van der Waals surface area contributed by atoms with Crippen molar-refractivity contribution in [3.63, 3.8) is 0 Å². The van der Waals surface area contributed by atoms with Crippen molar-refractivity contribution in [3.05, 3.63) is 47.0 Å². The number of carbonyl (C=O) groups is 3. The number of anilines is 1. The summed E-state index contributed by atoms with van der Waals surface area (Å²) in [5, 5.41) is 49.4. The van der Waals surface area contributed by atoms with Crippen molar-refractivity contribution in [2.45, 2.75) is 36.6 Å². The average molecular weight is 538 g/mol. The summed E-state index contributed by atoms with van der Waals surface area (Å²) in [5.41, 5.74) is 3.29. The first-order chi connectivity index (χ1) is 17.4. The Morgan fingerprint density at radius 2 is 1.73 bits per heavy atom. The standard InChI is InChI=1S/C21H20ClN5O10/c22-20-25-14(23)11-15(26-20)27(7-24-11)16-13(29)12(28)10(37-16)6-36-21(18(32)33,19(34)35)5-8-1-3-9(4-2-8)17(30)31/h1-4,7,10,12-13,16,28-29H,5-6H2,(H,30,31)(H,32,33)(H,34,35)(H2,23,25,26)/t10-,12-,13-,16-/m1/s1. The Morgan fingerprint density at radius 1 is 1.08 bits per heavy atom. The lowest BCUT2D eigenvalue weighted by molar-refractivity contribution is -0.190. The lowest BCUT2D eigenvalue weighted by Gasteiger charge is -2.27. The Balaban J connectivity index is 1.56. The largest absolute Gasteiger partial charge is 0.479 e. The summed E-state index contributed by atoms with van der Waals surface area (Å²) in [6, 6.07) is 4.90. The summed E-state index contributed by atoms with van der Waals surface area (Å²) in [6.45, 7) is -0.745. The van der Waals surface area contributed by atoms with Gasteiger partial charge in [0.1, 0.15) is 23.8 Å². The number of ether oxygens (including phenoxy) is 2. The topological polar surface area (TPSA) is 240 Å². The molecule has 1 aromatic carbocycles. The van der Waals surface area contributed by atoms with Crippen LogP contribution in [0.4, 0.5) is 5.82 Å². The number of fused-ring (bicyclic) bond motifs is 1. The quantitative estimate of drug-likeness (QED) is 0.149. The molecule has 3 aromatic rings. The normalized spacial score (nSPS) is 21.8. The number of rotatable bonds is 9. The lowest BCUT2D eigenvalue weighted by atomic mass is 9.93. The first-order valence-corrected chi connectivity index (χ1v) is 10.9. The number of imidazole rings is 1. The van der Waals surface area contributed by atoms with E-state index < -0.39 is 61.1 Å². The molecule has 0 unspecified atom stereocenters. The zero-order chi connectivity index (χ0) is 27.1. The van der Waals surface area contributed by atoms with Crippen LogP contribution in [0.2, 0.25) is 5.28 Å². The highest BCUT2D eigenvalue weighted by Crippen LogP contribution is 2.33. The molecule has 7 N–H and O–H groups in total. The van der Waals surface area contributed by atoms with Crippen LogP contribution in [-0.4, -0.2) is 93.5 Å². The second-order valence-corrected chi connectivity index (χ2v) is 8.51. The predicted octanol–water partition coefficient (Wildman–Crippen LogP) is -0.453. The van der Waals surface area contributed by atoms with Gasteiger partial charge in [-0.2, -0.15) is 9.97 Å². The van der Waals surface area contributed by atoms with Gasteiger partial charge in [-0.15, -0.1) is 0 Å². The molecule has 16 heteroatoms. The van der Waals surface area contributed by atoms with Gasteiger partial charge in [-0.1, -0.05) is 12.1 Å². The number of hydrogen-bond acceptors (Lipinski definition) is 11. The molecule has 1 aliphatic rings. The Morgan fingerprint density at radius 3 is 2.32 bits per heavy atom. The summed E-state index contributed by atoms with van der Waals surface area (Å²) in [6.07, 6.45) is -5.30. The van der Waals surface area contributed by atoms with Crippen LogP contribution in [0.5, 0.6) is 0 Å². The SMILES string of the molecule is Nc1nc(Cl)nc2c1ncn2[C@@H]1O[C@H](COC(Cc2ccc(C(=O)O)cc2)(C(=O)O)C(=O)O)[C@@H](O)[C@H]1O. The third-order valence-corrected chi connectivity index (χ3v) is 6.04. The van der Waals surface area contributed by atoms with Crippen LogP contribution in [0.15, 0.2) is 30.6 Å². The minimum atomic E-state index is -2.81. The first-order valence-electron chi connectivity index (χ1n) is 10.5. The first kappa shape index (κ1) is 26.2. The minimum absolute atomic E-state index is 0.0363. The van der Waals surface area contributed by atoms with Crippen molar-refractivity contribution < 1.29 is 49.4 Å². The summed E-state index contributed by atoms with van der Waals surface area (Å²) < 4.78 is 12.2. The number of aromatic carboxylic acids is 1. The van der Waals surface area contributed by atoms with E-state index in [9.17, 15) is 34.8 Å². The van der Waals surface area contributed by atoms with Crippen molar-refractivity contribution in [1.82, 2.24) is 19.5 Å². The maximum Gasteiger partial charge on any atom is 0.348 e. The van der Waals surface area contributed by atoms with Crippen LogP contribution >= 0.6 is 11.6 Å². The number of hydrogen-bond donors (Lipinski definition) is 6. The summed E-state index contributed by atoms with van der Waals surface area (Å²) in [5.74, 6) is -4.93. The molecule has 196 valence electrons. The molecule has 0 amide bonds. The Labute approximate surface area is 211 Å². The number of nitrogen functional groups attached to an aromatic ring is 1. The molecule has 0 radical (unpaired) electrons. The molecule has 2 aromatic heterocycles. The lowest BCUT2D eigenvalue weighted by Crippen LogP contribution is -2.52. The van der Waals surface area contributed by atoms with Crippen molar-refractivity contribution in [1.29, 1.82) is 0 Å². The van der Waals surface area contributed by atoms with Crippen LogP contribution in [0.25, 0.3) is 11.2 Å². The van der Waals surface area contributed by atoms with E-state index in [2.05, 4.69) is 15.0 Å². The molecule has 1 aliphatic heterocycles. The van der Waals surface area contributed by atoms with Crippen LogP contribution in [-0.2, 0) is 25.5 Å². The van der Waals surface area contributed by atoms with E-state index in [0.29, 0.717) is 0 Å². The van der Waals surface area contributed by atoms with Crippen molar-refractivity contribution in [2.24, 2.45) is 0 Å². The van der Waals surface area contributed by atoms with Crippen molar-refractivity contribution in [2.75, 3.05) is 12.3 Å². The van der Waals surface area contributed by atoms with Gasteiger partial charge in [-0.3, -0.25) is 4.57 Å². The number of benzene rings is 1. The van der Waals surface area contributed by atoms with Gasteiger partial charge in [-0.05, 0) is 29.3 Å². The highest BCUT2D eigenvalue weighted by molar-refractivity contribution is 6.28. The van der Waals surface area contributed by atoms with E-state index in [0.717, 1.165) is 0 Å². The molecule has 15 nitrogen and oxygen atoms in total. The maximum atomic E-state index is 12.1. The molecule has 4 atom stereocenters. The monoisotopic (exact) mass is 537 g/mol. The number of aliphatic hydroxyl groups is 2. The van der Waals surface area contributed by atoms with Crippen LogP contribution < -0.4 is 5.73 Å². The van der Waals surface area contributed by atoms with Gasteiger partial charge >= 0.3 is 17.9 Å². The average Bonchev–Trinajstić information content (AvgIpc) is 3.37. The second-order valence-electron chi connectivity index (χ2n) is 8.18. The smallest absolute Gasteiger partial charge is 0.348 e. The third-order valence-electron chi connectivity index (χ3n) is 5.87. The molecule has 0 spiro atoms. The van der Waals surface area contributed by atoms with E-state index in [4.69, 9.17) is 31.9 Å². The Kier molecular flexibility index (Phi) is 6.98. The summed E-state index contributed by atoms with van der Waals surface area (Å²) in [4.78, 5) is 47.0. The van der Waals surface area contributed by atoms with Gasteiger partial charge in [0, 0.05) is 6.42 Å². The zero-order valence-corrected chi connectivity index (χ0v) is 19.4. The third kappa shape index (κ3) is 4.77. The predicted molar refractivity (Wildman–Crippen MR) is 122 cm³/mol. The Bertz CT molecular complexity index is 1350. The fourth-order valence-electron chi connectivity index (χ4n) is 3.89. The molecule has 1 fully saturated rings. The molecule has 0 saturated carbocycles. The maximum absolute atomic E-state index is 12.1. The van der Waals surface area contributed by atoms with Gasteiger partial charge < -0.3 is 40.7 Å². The number of nitrogens with zero attached hydrogens (tertiary/aromatic N) is 4. The van der Waals surface area contributed by atoms with E-state index >= 15 is 0 Å². The van der Waals surface area contributed by atoms with E-state index in [1.165, 1.54) is 35.2 Å². The van der Waals surface area contributed by atoms with Crippen LogP contribution in [0.3, 0.4) is 0 Å². The number of aromatic nitrogens is 4. The molecule has 3 heterocycles. The van der Waals surface area contributed by atoms with Crippen LogP contribution in [0, 0.1) is 0 Å². The number of aliphatic carboxylic acids is 2. The van der Waals surface area contributed by atoms with Gasteiger partial charge in [-0.25, -0.2) is 19.4 Å². The molecule has 4 rings (SSSR count). The van der Waals surface area contributed by atoms with Gasteiger partial charge in [0.15, 0.2) is 17.7 Å². The Hall–Kier alpha value is -3.89. The van der Waals surface area contributed by atoms with Crippen molar-refractivity contribution >= 4 is 46.5 Å². The number of nitrogens with two attached hydrogens (primary N) is 1. The van der Waals surface area contributed by atoms with Crippen molar-refractivity contribution in [3.8, 4) is 0 Å². The van der Waals surface area contributed by atoms with E-state index in [1.54, 1.807) is 0 Å². The number of carboxylic acid groups (broad SMARTS) is 3. The van der Waals surface area contributed by atoms with E-state index in [1.807, 2.05) is 0 Å². The van der Waals surface area contributed by atoms with Gasteiger partial charge in [0.25, 0.3) is 5.60 Å². The number of halogens is 1. The van der Waals surface area contributed by atoms with Crippen LogP contribution in [0.1, 0.15) is 22.1 Å². The van der Waals surface area contributed by atoms with E-state index in [-0.39, 0.29) is 33.4 Å². The summed E-state index contributed by atoms with van der Waals surface area (Å²) in [7, 11) is 0. The highest BCUT2D eigenvalue weighted by Gasteiger charge is 2.51. The second kappa shape index (κ2) is 9.87. The molecular formula is C21H20ClN5O10.